The molecule has 0 bridgehead atoms. The Balaban J connectivity index is 1.86. The zero-order chi connectivity index (χ0) is 15.0. The molecule has 1 aliphatic carbocycles. The highest BCUT2D eigenvalue weighted by molar-refractivity contribution is 9.10. The molecule has 1 saturated carbocycles. The molecule has 112 valence electrons. The third kappa shape index (κ3) is 3.24. The van der Waals surface area contributed by atoms with Gasteiger partial charge in [0.05, 0.1) is 5.25 Å². The van der Waals surface area contributed by atoms with E-state index in [1.54, 1.807) is 0 Å². The van der Waals surface area contributed by atoms with E-state index >= 15 is 0 Å². The first kappa shape index (κ1) is 14.9. The maximum absolute atomic E-state index is 11.8. The van der Waals surface area contributed by atoms with E-state index in [1.165, 1.54) is 11.6 Å². The van der Waals surface area contributed by atoms with Gasteiger partial charge >= 0.3 is 0 Å². The van der Waals surface area contributed by atoms with Gasteiger partial charge in [-0.2, -0.15) is 0 Å². The molecule has 0 aliphatic heterocycles. The molecule has 21 heavy (non-hydrogen) atoms. The van der Waals surface area contributed by atoms with Gasteiger partial charge < -0.3 is 5.32 Å². The molecule has 2 unspecified atom stereocenters. The highest BCUT2D eigenvalue weighted by Gasteiger charge is 2.34. The number of anilines is 1. The summed E-state index contributed by atoms with van der Waals surface area (Å²) in [6.07, 6.45) is 3.98. The Morgan fingerprint density at radius 2 is 1.81 bits per heavy atom. The van der Waals surface area contributed by atoms with E-state index in [-0.39, 0.29) is 11.3 Å². The Hall–Kier alpha value is -1.07. The van der Waals surface area contributed by atoms with E-state index < -0.39 is 9.84 Å². The highest BCUT2D eigenvalue weighted by atomic mass is 79.9. The van der Waals surface area contributed by atoms with Gasteiger partial charge in [-0.3, -0.25) is 0 Å². The van der Waals surface area contributed by atoms with Crippen LogP contribution in [0, 0.1) is 0 Å². The Bertz CT molecular complexity index is 773. The molecular formula is C16H18BrNO2S. The second-order valence-electron chi connectivity index (χ2n) is 5.76. The van der Waals surface area contributed by atoms with Gasteiger partial charge in [-0.05, 0) is 54.3 Å². The van der Waals surface area contributed by atoms with Crippen molar-refractivity contribution in [1.82, 2.24) is 0 Å². The number of rotatable bonds is 3. The lowest BCUT2D eigenvalue weighted by Crippen LogP contribution is -2.34. The van der Waals surface area contributed by atoms with Gasteiger partial charge in [0.15, 0.2) is 9.84 Å². The van der Waals surface area contributed by atoms with E-state index in [9.17, 15) is 8.42 Å². The molecule has 5 heteroatoms. The molecule has 0 spiro atoms. The monoisotopic (exact) mass is 367 g/mol. The number of hydrogen-bond donors (Lipinski definition) is 1. The number of fused-ring (bicyclic) bond motifs is 1. The fourth-order valence-corrected chi connectivity index (χ4v) is 4.90. The van der Waals surface area contributed by atoms with Crippen molar-refractivity contribution < 1.29 is 8.42 Å². The van der Waals surface area contributed by atoms with Gasteiger partial charge in [-0.1, -0.05) is 28.1 Å². The lowest BCUT2D eigenvalue weighted by Gasteiger charge is -2.21. The van der Waals surface area contributed by atoms with Crippen LogP contribution < -0.4 is 5.32 Å². The summed E-state index contributed by atoms with van der Waals surface area (Å²) in [5.74, 6) is 0. The van der Waals surface area contributed by atoms with Crippen LogP contribution >= 0.6 is 15.9 Å². The predicted molar refractivity (Wildman–Crippen MR) is 91.5 cm³/mol. The van der Waals surface area contributed by atoms with Crippen LogP contribution in [0.4, 0.5) is 5.69 Å². The van der Waals surface area contributed by atoms with Crippen molar-refractivity contribution in [3.63, 3.8) is 0 Å². The minimum atomic E-state index is -2.99. The molecule has 1 aliphatic rings. The van der Waals surface area contributed by atoms with Crippen LogP contribution in [0.1, 0.15) is 19.3 Å². The number of hydrogen-bond acceptors (Lipinski definition) is 3. The van der Waals surface area contributed by atoms with Crippen LogP contribution in [-0.2, 0) is 9.84 Å². The van der Waals surface area contributed by atoms with Crippen molar-refractivity contribution in [3.05, 3.63) is 40.9 Å². The molecule has 1 fully saturated rings. The minimum absolute atomic E-state index is 0.0212. The van der Waals surface area contributed by atoms with E-state index in [0.717, 1.165) is 34.8 Å². The van der Waals surface area contributed by atoms with Crippen molar-refractivity contribution in [2.45, 2.75) is 30.6 Å². The van der Waals surface area contributed by atoms with Crippen LogP contribution in [0.2, 0.25) is 0 Å². The first-order chi connectivity index (χ1) is 9.93. The Labute approximate surface area is 133 Å². The minimum Gasteiger partial charge on any atom is -0.381 e. The van der Waals surface area contributed by atoms with Crippen LogP contribution in [0.25, 0.3) is 10.8 Å². The number of nitrogens with one attached hydrogen (secondary N) is 1. The van der Waals surface area contributed by atoms with Gasteiger partial charge in [0.25, 0.3) is 0 Å². The summed E-state index contributed by atoms with van der Waals surface area (Å²) >= 11 is 3.47. The third-order valence-corrected chi connectivity index (χ3v) is 6.31. The molecule has 0 saturated heterocycles. The van der Waals surface area contributed by atoms with Crippen LogP contribution in [0.15, 0.2) is 40.9 Å². The second-order valence-corrected chi connectivity index (χ2v) is 8.94. The maximum atomic E-state index is 11.8. The van der Waals surface area contributed by atoms with E-state index in [0.29, 0.717) is 0 Å². The summed E-state index contributed by atoms with van der Waals surface area (Å²) < 4.78 is 24.7. The standard InChI is InChI=1S/C16H18BrNO2S/c1-21(19,20)16-4-2-3-15(16)18-14-8-6-11-9-13(17)7-5-12(11)10-14/h5-10,15-16,18H,2-4H2,1H3. The SMILES string of the molecule is CS(=O)(=O)C1CCCC1Nc1ccc2cc(Br)ccc2c1. The van der Waals surface area contributed by atoms with Crippen molar-refractivity contribution >= 4 is 42.2 Å². The molecule has 0 aromatic heterocycles. The largest absolute Gasteiger partial charge is 0.381 e. The van der Waals surface area contributed by atoms with Crippen molar-refractivity contribution in [3.8, 4) is 0 Å². The fraction of sp³-hybridized carbons (Fsp3) is 0.375. The Morgan fingerprint density at radius 1 is 1.10 bits per heavy atom. The van der Waals surface area contributed by atoms with Crippen molar-refractivity contribution in [2.75, 3.05) is 11.6 Å². The number of halogens is 1. The molecule has 0 radical (unpaired) electrons. The van der Waals surface area contributed by atoms with Crippen LogP contribution in [-0.4, -0.2) is 26.0 Å². The number of benzene rings is 2. The van der Waals surface area contributed by atoms with Gasteiger partial charge in [-0.15, -0.1) is 0 Å². The maximum Gasteiger partial charge on any atom is 0.152 e. The summed E-state index contributed by atoms with van der Waals surface area (Å²) in [5, 5.41) is 5.47. The zero-order valence-electron chi connectivity index (χ0n) is 11.8. The van der Waals surface area contributed by atoms with E-state index in [2.05, 4.69) is 45.5 Å². The zero-order valence-corrected chi connectivity index (χ0v) is 14.2. The highest BCUT2D eigenvalue weighted by Crippen LogP contribution is 2.29. The molecule has 0 amide bonds. The Kier molecular flexibility index (Phi) is 3.97. The normalized spacial score (nSPS) is 22.6. The summed E-state index contributed by atoms with van der Waals surface area (Å²) in [5.41, 5.74) is 0.991. The summed E-state index contributed by atoms with van der Waals surface area (Å²) in [6, 6.07) is 12.3. The van der Waals surface area contributed by atoms with E-state index in [4.69, 9.17) is 0 Å². The van der Waals surface area contributed by atoms with Crippen LogP contribution in [0.5, 0.6) is 0 Å². The Morgan fingerprint density at radius 3 is 2.57 bits per heavy atom. The quantitative estimate of drug-likeness (QED) is 0.892. The molecular weight excluding hydrogens is 350 g/mol. The third-order valence-electron chi connectivity index (χ3n) is 4.16. The summed E-state index contributed by atoms with van der Waals surface area (Å²) in [7, 11) is -2.99. The molecule has 3 nitrogen and oxygen atoms in total. The van der Waals surface area contributed by atoms with Crippen molar-refractivity contribution in [1.29, 1.82) is 0 Å². The smallest absolute Gasteiger partial charge is 0.152 e. The van der Waals surface area contributed by atoms with Crippen molar-refractivity contribution in [2.24, 2.45) is 0 Å². The topological polar surface area (TPSA) is 46.2 Å². The van der Waals surface area contributed by atoms with Gasteiger partial charge in [-0.25, -0.2) is 8.42 Å². The molecule has 2 atom stereocenters. The van der Waals surface area contributed by atoms with Gasteiger partial charge in [0, 0.05) is 22.5 Å². The molecule has 3 rings (SSSR count). The summed E-state index contributed by atoms with van der Waals surface area (Å²) in [4.78, 5) is 0. The second kappa shape index (κ2) is 5.61. The molecule has 0 heterocycles. The molecule has 1 N–H and O–H groups in total. The van der Waals surface area contributed by atoms with E-state index in [1.807, 2.05) is 12.1 Å². The lowest BCUT2D eigenvalue weighted by atomic mass is 10.1. The summed E-state index contributed by atoms with van der Waals surface area (Å²) in [6.45, 7) is 0. The van der Waals surface area contributed by atoms with Gasteiger partial charge in [0.1, 0.15) is 0 Å². The predicted octanol–water partition coefficient (Wildman–Crippen LogP) is 3.98. The fourth-order valence-electron chi connectivity index (χ4n) is 3.12. The number of sulfone groups is 1. The van der Waals surface area contributed by atoms with Gasteiger partial charge in [0.2, 0.25) is 0 Å². The van der Waals surface area contributed by atoms with Crippen LogP contribution in [0.3, 0.4) is 0 Å². The average Bonchev–Trinajstić information content (AvgIpc) is 2.87. The first-order valence-corrected chi connectivity index (χ1v) is 9.83. The lowest BCUT2D eigenvalue weighted by molar-refractivity contribution is 0.579. The molecule has 2 aromatic rings. The molecule has 2 aromatic carbocycles. The first-order valence-electron chi connectivity index (χ1n) is 7.08. The average molecular weight is 368 g/mol.